The van der Waals surface area contributed by atoms with Crippen molar-refractivity contribution in [3.63, 3.8) is 0 Å². The topological polar surface area (TPSA) is 52.8 Å². The smallest absolute Gasteiger partial charge is 0.417 e. The quantitative estimate of drug-likeness (QED) is 0.453. The van der Waals surface area contributed by atoms with Gasteiger partial charge in [-0.25, -0.2) is 9.97 Å². The van der Waals surface area contributed by atoms with Crippen LogP contribution in [-0.2, 0) is 13.2 Å². The van der Waals surface area contributed by atoms with Gasteiger partial charge in [-0.05, 0) is 11.8 Å². The van der Waals surface area contributed by atoms with Crippen LogP contribution in [0.2, 0.25) is 0 Å². The van der Waals surface area contributed by atoms with E-state index in [0.717, 1.165) is 12.3 Å². The molecule has 0 fully saturated rings. The lowest BCUT2D eigenvalue weighted by molar-refractivity contribution is -0.138. The van der Waals surface area contributed by atoms with Crippen LogP contribution in [0.25, 0.3) is 22.6 Å². The maximum absolute atomic E-state index is 13.0. The molecular formula is C16H13F5N4OS. The molecule has 27 heavy (non-hydrogen) atoms. The van der Waals surface area contributed by atoms with Gasteiger partial charge in [-0.3, -0.25) is 4.98 Å². The average molecular weight is 404 g/mol. The molecule has 3 aromatic rings. The van der Waals surface area contributed by atoms with E-state index < -0.39 is 18.4 Å². The van der Waals surface area contributed by atoms with E-state index in [9.17, 15) is 22.0 Å². The van der Waals surface area contributed by atoms with Crippen molar-refractivity contribution in [3.05, 3.63) is 30.1 Å². The van der Waals surface area contributed by atoms with Crippen LogP contribution in [0, 0.1) is 0 Å². The van der Waals surface area contributed by atoms with Crippen molar-refractivity contribution in [1.29, 1.82) is 0 Å². The highest BCUT2D eigenvalue weighted by atomic mass is 32.2. The predicted octanol–water partition coefficient (Wildman–Crippen LogP) is 4.76. The number of alkyl halides is 5. The second-order valence-corrected chi connectivity index (χ2v) is 6.69. The molecule has 0 saturated heterocycles. The van der Waals surface area contributed by atoms with Crippen molar-refractivity contribution < 1.29 is 26.7 Å². The first-order chi connectivity index (χ1) is 12.7. The molecule has 11 heteroatoms. The molecule has 0 saturated carbocycles. The largest absolute Gasteiger partial charge is 0.417 e. The molecule has 144 valence electrons. The molecule has 0 atom stereocenters. The predicted molar refractivity (Wildman–Crippen MR) is 89.8 cm³/mol. The highest BCUT2D eigenvalue weighted by molar-refractivity contribution is 7.99. The minimum Gasteiger partial charge on any atom is -0.417 e. The van der Waals surface area contributed by atoms with Crippen molar-refractivity contribution >= 4 is 22.8 Å². The Morgan fingerprint density at radius 3 is 2.56 bits per heavy atom. The SMILES string of the molecule is CCSc1cc(C(F)(F)F)cnc1-c1nc2cc(OC(F)F)ncc2n1C. The summed E-state index contributed by atoms with van der Waals surface area (Å²) in [5.74, 6) is 0.532. The highest BCUT2D eigenvalue weighted by Crippen LogP contribution is 2.36. The summed E-state index contributed by atoms with van der Waals surface area (Å²) in [5.41, 5.74) is 0.230. The fourth-order valence-electron chi connectivity index (χ4n) is 2.47. The van der Waals surface area contributed by atoms with E-state index in [-0.39, 0.29) is 11.6 Å². The minimum atomic E-state index is -4.51. The van der Waals surface area contributed by atoms with Gasteiger partial charge in [-0.15, -0.1) is 11.8 Å². The minimum absolute atomic E-state index is 0.268. The first-order valence-electron chi connectivity index (χ1n) is 7.68. The Morgan fingerprint density at radius 1 is 1.19 bits per heavy atom. The summed E-state index contributed by atoms with van der Waals surface area (Å²) >= 11 is 1.20. The van der Waals surface area contributed by atoms with E-state index in [1.54, 1.807) is 11.6 Å². The lowest BCUT2D eigenvalue weighted by atomic mass is 10.2. The van der Waals surface area contributed by atoms with Crippen LogP contribution in [0.4, 0.5) is 22.0 Å². The lowest BCUT2D eigenvalue weighted by Gasteiger charge is -2.12. The molecule has 0 aromatic carbocycles. The van der Waals surface area contributed by atoms with Crippen molar-refractivity contribution in [1.82, 2.24) is 19.5 Å². The third-order valence-electron chi connectivity index (χ3n) is 3.64. The summed E-state index contributed by atoms with van der Waals surface area (Å²) in [6, 6.07) is 2.27. The molecule has 0 amide bonds. The number of fused-ring (bicyclic) bond motifs is 1. The molecule has 5 nitrogen and oxygen atoms in total. The Bertz CT molecular complexity index is 973. The zero-order valence-corrected chi connectivity index (χ0v) is 14.9. The van der Waals surface area contributed by atoms with Crippen molar-refractivity contribution in [2.75, 3.05) is 5.75 Å². The zero-order valence-electron chi connectivity index (χ0n) is 14.1. The van der Waals surface area contributed by atoms with E-state index in [2.05, 4.69) is 19.7 Å². The van der Waals surface area contributed by atoms with E-state index >= 15 is 0 Å². The molecule has 3 aromatic heterocycles. The van der Waals surface area contributed by atoms with E-state index in [1.807, 2.05) is 6.92 Å². The van der Waals surface area contributed by atoms with Crippen LogP contribution in [-0.4, -0.2) is 31.9 Å². The molecule has 0 aliphatic heterocycles. The molecule has 0 bridgehead atoms. The van der Waals surface area contributed by atoms with Gasteiger partial charge in [-0.2, -0.15) is 22.0 Å². The fraction of sp³-hybridized carbons (Fsp3) is 0.312. The summed E-state index contributed by atoms with van der Waals surface area (Å²) in [4.78, 5) is 12.4. The first-order valence-corrected chi connectivity index (χ1v) is 8.67. The first kappa shape index (κ1) is 19.3. The van der Waals surface area contributed by atoms with Crippen LogP contribution < -0.4 is 4.74 Å². The summed E-state index contributed by atoms with van der Waals surface area (Å²) < 4.78 is 69.5. The number of hydrogen-bond acceptors (Lipinski definition) is 5. The number of ether oxygens (including phenoxy) is 1. The number of aromatic nitrogens is 4. The molecule has 0 aliphatic rings. The fourth-order valence-corrected chi connectivity index (χ4v) is 3.27. The number of thioether (sulfide) groups is 1. The maximum Gasteiger partial charge on any atom is 0.417 e. The summed E-state index contributed by atoms with van der Waals surface area (Å²) in [7, 11) is 1.64. The number of rotatable bonds is 5. The number of aryl methyl sites for hydroxylation is 1. The third-order valence-corrected chi connectivity index (χ3v) is 4.55. The highest BCUT2D eigenvalue weighted by Gasteiger charge is 2.32. The maximum atomic E-state index is 13.0. The van der Waals surface area contributed by atoms with Gasteiger partial charge in [0.25, 0.3) is 0 Å². The van der Waals surface area contributed by atoms with Crippen molar-refractivity contribution in [3.8, 4) is 17.4 Å². The van der Waals surface area contributed by atoms with E-state index in [1.165, 1.54) is 24.0 Å². The molecule has 0 N–H and O–H groups in total. The standard InChI is InChI=1S/C16H13F5N4OS/c1-3-27-11-4-8(16(19,20)21)6-23-13(11)14-24-9-5-12(26-15(17)18)22-7-10(9)25(14)2/h4-7,15H,3H2,1-2H3. The van der Waals surface area contributed by atoms with Gasteiger partial charge in [0.15, 0.2) is 5.82 Å². The van der Waals surface area contributed by atoms with Gasteiger partial charge in [0.05, 0.1) is 22.8 Å². The molecule has 3 rings (SSSR count). The molecular weight excluding hydrogens is 391 g/mol. The average Bonchev–Trinajstić information content (AvgIpc) is 2.90. The van der Waals surface area contributed by atoms with Gasteiger partial charge in [0.1, 0.15) is 5.69 Å². The Balaban J connectivity index is 2.12. The van der Waals surface area contributed by atoms with Crippen LogP contribution in [0.3, 0.4) is 0 Å². The molecule has 0 aliphatic carbocycles. The third kappa shape index (κ3) is 3.97. The van der Waals surface area contributed by atoms with Crippen LogP contribution in [0.5, 0.6) is 5.88 Å². The van der Waals surface area contributed by atoms with Crippen molar-refractivity contribution in [2.45, 2.75) is 24.6 Å². The summed E-state index contributed by atoms with van der Waals surface area (Å²) in [6.07, 6.45) is -2.45. The Labute approximate surface area is 154 Å². The second-order valence-electron chi connectivity index (χ2n) is 5.39. The zero-order chi connectivity index (χ0) is 19.8. The lowest BCUT2D eigenvalue weighted by Crippen LogP contribution is -2.07. The van der Waals surface area contributed by atoms with Gasteiger partial charge in [0, 0.05) is 24.2 Å². The monoisotopic (exact) mass is 404 g/mol. The van der Waals surface area contributed by atoms with E-state index in [4.69, 9.17) is 0 Å². The second kappa shape index (κ2) is 7.29. The molecule has 3 heterocycles. The van der Waals surface area contributed by atoms with Crippen LogP contribution >= 0.6 is 11.8 Å². The Kier molecular flexibility index (Phi) is 5.22. The number of nitrogens with zero attached hydrogens (tertiary/aromatic N) is 4. The van der Waals surface area contributed by atoms with Gasteiger partial charge in [0.2, 0.25) is 5.88 Å². The van der Waals surface area contributed by atoms with Gasteiger partial charge >= 0.3 is 12.8 Å². The van der Waals surface area contributed by atoms with Gasteiger partial charge < -0.3 is 9.30 Å². The summed E-state index contributed by atoms with van der Waals surface area (Å²) in [6.45, 7) is -1.22. The molecule has 0 spiro atoms. The number of hydrogen-bond donors (Lipinski definition) is 0. The number of pyridine rings is 2. The Hall–Kier alpha value is -2.43. The normalized spacial score (nSPS) is 12.1. The van der Waals surface area contributed by atoms with Crippen molar-refractivity contribution in [2.24, 2.45) is 7.05 Å². The molecule has 0 radical (unpaired) electrons. The number of halogens is 5. The van der Waals surface area contributed by atoms with E-state index in [0.29, 0.717) is 27.5 Å². The summed E-state index contributed by atoms with van der Waals surface area (Å²) in [5, 5.41) is 0. The number of imidazole rings is 1. The Morgan fingerprint density at radius 2 is 1.93 bits per heavy atom. The van der Waals surface area contributed by atoms with Gasteiger partial charge in [-0.1, -0.05) is 6.92 Å². The van der Waals surface area contributed by atoms with Crippen LogP contribution in [0.1, 0.15) is 12.5 Å². The molecule has 0 unspecified atom stereocenters. The van der Waals surface area contributed by atoms with Crippen LogP contribution in [0.15, 0.2) is 29.4 Å².